The SMILES string of the molecule is CNCC(C)(C)COc1cc(Cl)cc(Cl)c1. The zero-order valence-electron chi connectivity index (χ0n) is 9.81. The molecule has 0 heterocycles. The van der Waals surface area contributed by atoms with Crippen LogP contribution in [-0.4, -0.2) is 20.2 Å². The minimum Gasteiger partial charge on any atom is -0.493 e. The van der Waals surface area contributed by atoms with Crippen molar-refractivity contribution >= 4 is 23.2 Å². The Balaban J connectivity index is 2.60. The lowest BCUT2D eigenvalue weighted by Gasteiger charge is -2.24. The number of ether oxygens (including phenoxy) is 1. The van der Waals surface area contributed by atoms with Crippen LogP contribution in [0.2, 0.25) is 10.0 Å². The van der Waals surface area contributed by atoms with Crippen LogP contribution in [0.4, 0.5) is 0 Å². The molecular formula is C12H17Cl2NO. The van der Waals surface area contributed by atoms with Gasteiger partial charge in [-0.3, -0.25) is 0 Å². The first-order valence-corrected chi connectivity index (χ1v) is 5.92. The first-order valence-electron chi connectivity index (χ1n) is 5.16. The molecule has 1 N–H and O–H groups in total. The van der Waals surface area contributed by atoms with Gasteiger partial charge in [-0.15, -0.1) is 0 Å². The molecule has 0 amide bonds. The molecule has 1 aromatic carbocycles. The van der Waals surface area contributed by atoms with E-state index in [1.165, 1.54) is 0 Å². The maximum atomic E-state index is 5.88. The predicted octanol–water partition coefficient (Wildman–Crippen LogP) is 3.62. The minimum absolute atomic E-state index is 0.0730. The number of benzene rings is 1. The molecule has 1 rings (SSSR count). The second-order valence-corrected chi connectivity index (χ2v) is 5.46. The van der Waals surface area contributed by atoms with Crippen molar-refractivity contribution in [1.82, 2.24) is 5.32 Å². The number of nitrogens with one attached hydrogen (secondary N) is 1. The Hall–Kier alpha value is -0.440. The van der Waals surface area contributed by atoms with Crippen LogP contribution < -0.4 is 10.1 Å². The van der Waals surface area contributed by atoms with Gasteiger partial charge < -0.3 is 10.1 Å². The molecule has 0 aliphatic heterocycles. The van der Waals surface area contributed by atoms with E-state index in [0.29, 0.717) is 22.4 Å². The summed E-state index contributed by atoms with van der Waals surface area (Å²) in [5.41, 5.74) is 0.0730. The Morgan fingerprint density at radius 2 is 1.75 bits per heavy atom. The molecule has 0 aliphatic carbocycles. The van der Waals surface area contributed by atoms with E-state index in [-0.39, 0.29) is 5.41 Å². The van der Waals surface area contributed by atoms with Gasteiger partial charge in [0.2, 0.25) is 0 Å². The summed E-state index contributed by atoms with van der Waals surface area (Å²) in [5, 5.41) is 4.32. The highest BCUT2D eigenvalue weighted by Gasteiger charge is 2.17. The van der Waals surface area contributed by atoms with Gasteiger partial charge in [0, 0.05) is 22.0 Å². The average Bonchev–Trinajstić information content (AvgIpc) is 2.13. The lowest BCUT2D eigenvalue weighted by atomic mass is 9.95. The Bertz CT molecular complexity index is 333. The summed E-state index contributed by atoms with van der Waals surface area (Å²) < 4.78 is 5.68. The number of hydrogen-bond donors (Lipinski definition) is 1. The average molecular weight is 262 g/mol. The molecule has 0 bridgehead atoms. The fourth-order valence-electron chi connectivity index (χ4n) is 1.42. The summed E-state index contributed by atoms with van der Waals surface area (Å²) in [6.45, 7) is 5.77. The number of rotatable bonds is 5. The molecule has 16 heavy (non-hydrogen) atoms. The lowest BCUT2D eigenvalue weighted by molar-refractivity contribution is 0.179. The minimum atomic E-state index is 0.0730. The fraction of sp³-hybridized carbons (Fsp3) is 0.500. The molecule has 1 aromatic rings. The fourth-order valence-corrected chi connectivity index (χ4v) is 1.93. The summed E-state index contributed by atoms with van der Waals surface area (Å²) in [7, 11) is 1.93. The third kappa shape index (κ3) is 4.60. The van der Waals surface area contributed by atoms with E-state index in [1.807, 2.05) is 7.05 Å². The molecule has 0 atom stereocenters. The largest absolute Gasteiger partial charge is 0.493 e. The van der Waals surface area contributed by atoms with Gasteiger partial charge in [-0.25, -0.2) is 0 Å². The van der Waals surface area contributed by atoms with Crippen LogP contribution in [0.15, 0.2) is 18.2 Å². The van der Waals surface area contributed by atoms with Crippen molar-refractivity contribution in [3.05, 3.63) is 28.2 Å². The van der Waals surface area contributed by atoms with Crippen molar-refractivity contribution in [2.45, 2.75) is 13.8 Å². The molecule has 0 fully saturated rings. The molecule has 0 unspecified atom stereocenters. The summed E-state index contributed by atoms with van der Waals surface area (Å²) in [5.74, 6) is 0.710. The highest BCUT2D eigenvalue weighted by Crippen LogP contribution is 2.25. The monoisotopic (exact) mass is 261 g/mol. The van der Waals surface area contributed by atoms with Crippen LogP contribution >= 0.6 is 23.2 Å². The van der Waals surface area contributed by atoms with Crippen LogP contribution in [0.5, 0.6) is 5.75 Å². The summed E-state index contributed by atoms with van der Waals surface area (Å²) in [4.78, 5) is 0. The van der Waals surface area contributed by atoms with Crippen LogP contribution in [0.1, 0.15) is 13.8 Å². The quantitative estimate of drug-likeness (QED) is 0.875. The molecule has 0 aliphatic rings. The van der Waals surface area contributed by atoms with Crippen molar-refractivity contribution in [3.63, 3.8) is 0 Å². The molecule has 0 saturated heterocycles. The molecule has 0 saturated carbocycles. The van der Waals surface area contributed by atoms with Gasteiger partial charge in [0.1, 0.15) is 5.75 Å². The van der Waals surface area contributed by atoms with E-state index in [4.69, 9.17) is 27.9 Å². The smallest absolute Gasteiger partial charge is 0.122 e. The Morgan fingerprint density at radius 3 is 2.25 bits per heavy atom. The molecule has 90 valence electrons. The van der Waals surface area contributed by atoms with E-state index < -0.39 is 0 Å². The van der Waals surface area contributed by atoms with Gasteiger partial charge in [-0.05, 0) is 25.2 Å². The third-order valence-corrected chi connectivity index (χ3v) is 2.56. The molecule has 0 spiro atoms. The van der Waals surface area contributed by atoms with Crippen molar-refractivity contribution in [3.8, 4) is 5.75 Å². The van der Waals surface area contributed by atoms with E-state index in [2.05, 4.69) is 19.2 Å². The van der Waals surface area contributed by atoms with Crippen molar-refractivity contribution in [2.24, 2.45) is 5.41 Å². The predicted molar refractivity (Wildman–Crippen MR) is 69.7 cm³/mol. The third-order valence-electron chi connectivity index (χ3n) is 2.12. The van der Waals surface area contributed by atoms with Crippen LogP contribution in [0.25, 0.3) is 0 Å². The van der Waals surface area contributed by atoms with E-state index in [1.54, 1.807) is 18.2 Å². The van der Waals surface area contributed by atoms with Gasteiger partial charge in [0.25, 0.3) is 0 Å². The van der Waals surface area contributed by atoms with Crippen molar-refractivity contribution in [2.75, 3.05) is 20.2 Å². The van der Waals surface area contributed by atoms with E-state index in [9.17, 15) is 0 Å². The Morgan fingerprint density at radius 1 is 1.19 bits per heavy atom. The highest BCUT2D eigenvalue weighted by atomic mass is 35.5. The zero-order chi connectivity index (χ0) is 12.2. The molecule has 0 aromatic heterocycles. The first kappa shape index (κ1) is 13.6. The van der Waals surface area contributed by atoms with E-state index in [0.717, 1.165) is 6.54 Å². The van der Waals surface area contributed by atoms with Gasteiger partial charge >= 0.3 is 0 Å². The topological polar surface area (TPSA) is 21.3 Å². The summed E-state index contributed by atoms with van der Waals surface area (Å²) >= 11 is 11.8. The summed E-state index contributed by atoms with van der Waals surface area (Å²) in [6.07, 6.45) is 0. The van der Waals surface area contributed by atoms with Gasteiger partial charge in [0.05, 0.1) is 6.61 Å². The second-order valence-electron chi connectivity index (χ2n) is 4.59. The Labute approximate surface area is 107 Å². The van der Waals surface area contributed by atoms with Gasteiger partial charge in [-0.2, -0.15) is 0 Å². The van der Waals surface area contributed by atoms with Crippen molar-refractivity contribution < 1.29 is 4.74 Å². The second kappa shape index (κ2) is 5.76. The Kier molecular flexibility index (Phi) is 4.90. The standard InChI is InChI=1S/C12H17Cl2NO/c1-12(2,7-15-3)8-16-11-5-9(13)4-10(14)6-11/h4-6,15H,7-8H2,1-3H3. The van der Waals surface area contributed by atoms with Crippen LogP contribution in [0.3, 0.4) is 0 Å². The molecule has 2 nitrogen and oxygen atoms in total. The maximum Gasteiger partial charge on any atom is 0.122 e. The van der Waals surface area contributed by atoms with Crippen LogP contribution in [-0.2, 0) is 0 Å². The lowest BCUT2D eigenvalue weighted by Crippen LogP contribution is -2.32. The number of halogens is 2. The van der Waals surface area contributed by atoms with E-state index >= 15 is 0 Å². The summed E-state index contributed by atoms with van der Waals surface area (Å²) in [6, 6.07) is 5.22. The first-order chi connectivity index (χ1) is 7.43. The normalized spacial score (nSPS) is 11.6. The highest BCUT2D eigenvalue weighted by molar-refractivity contribution is 6.34. The van der Waals surface area contributed by atoms with Gasteiger partial charge in [0.15, 0.2) is 0 Å². The number of hydrogen-bond acceptors (Lipinski definition) is 2. The van der Waals surface area contributed by atoms with Crippen molar-refractivity contribution in [1.29, 1.82) is 0 Å². The van der Waals surface area contributed by atoms with Gasteiger partial charge in [-0.1, -0.05) is 37.0 Å². The molecule has 0 radical (unpaired) electrons. The molecule has 4 heteroatoms. The maximum absolute atomic E-state index is 5.88. The zero-order valence-corrected chi connectivity index (χ0v) is 11.3. The van der Waals surface area contributed by atoms with Crippen LogP contribution in [0, 0.1) is 5.41 Å². The molecular weight excluding hydrogens is 245 g/mol.